The summed E-state index contributed by atoms with van der Waals surface area (Å²) in [5.41, 5.74) is 5.69. The van der Waals surface area contributed by atoms with Crippen LogP contribution in [0.25, 0.3) is 11.1 Å². The molecular formula is C33H37FO4. The van der Waals surface area contributed by atoms with E-state index in [1.54, 1.807) is 19.2 Å². The summed E-state index contributed by atoms with van der Waals surface area (Å²) in [6.45, 7) is 7.02. The number of hydrogen-bond donors (Lipinski definition) is 1. The van der Waals surface area contributed by atoms with Gasteiger partial charge in [-0.1, -0.05) is 51.5 Å². The Labute approximate surface area is 224 Å². The molecule has 5 heteroatoms. The van der Waals surface area contributed by atoms with Crippen molar-refractivity contribution >= 4 is 5.97 Å². The van der Waals surface area contributed by atoms with Crippen LogP contribution in [0.3, 0.4) is 0 Å². The van der Waals surface area contributed by atoms with E-state index in [0.717, 1.165) is 60.1 Å². The number of hydrogen-bond acceptors (Lipinski definition) is 3. The molecule has 0 amide bonds. The lowest BCUT2D eigenvalue weighted by Crippen LogP contribution is -2.22. The largest absolute Gasteiger partial charge is 0.497 e. The Morgan fingerprint density at radius 3 is 2.50 bits per heavy atom. The summed E-state index contributed by atoms with van der Waals surface area (Å²) in [6, 6.07) is 17.2. The SMILES string of the molecule is COc1ccc(F)c(-c2ccc(COc3ccc4c(c3)[C@@](C)(CC(=O)O)CC4)cc2[C@@H]2CCCC2(C)C)c1. The number of fused-ring (bicyclic) bond motifs is 1. The van der Waals surface area contributed by atoms with Crippen LogP contribution in [0.15, 0.2) is 54.6 Å². The van der Waals surface area contributed by atoms with Crippen molar-refractivity contribution in [3.05, 3.63) is 82.7 Å². The monoisotopic (exact) mass is 516 g/mol. The molecule has 0 saturated heterocycles. The number of halogens is 1. The quantitative estimate of drug-likeness (QED) is 0.329. The van der Waals surface area contributed by atoms with Gasteiger partial charge in [0.25, 0.3) is 0 Å². The Bertz CT molecular complexity index is 1360. The first-order valence-electron chi connectivity index (χ1n) is 13.5. The van der Waals surface area contributed by atoms with Crippen molar-refractivity contribution in [2.45, 2.75) is 77.2 Å². The highest BCUT2D eigenvalue weighted by atomic mass is 19.1. The Morgan fingerprint density at radius 2 is 1.79 bits per heavy atom. The van der Waals surface area contributed by atoms with Crippen LogP contribution in [0.5, 0.6) is 11.5 Å². The topological polar surface area (TPSA) is 55.8 Å². The van der Waals surface area contributed by atoms with E-state index in [1.165, 1.54) is 11.6 Å². The molecule has 4 nitrogen and oxygen atoms in total. The van der Waals surface area contributed by atoms with Crippen molar-refractivity contribution in [3.63, 3.8) is 0 Å². The Morgan fingerprint density at radius 1 is 1.00 bits per heavy atom. The number of ether oxygens (including phenoxy) is 2. The molecule has 0 radical (unpaired) electrons. The molecule has 5 rings (SSSR count). The molecule has 2 atom stereocenters. The second-order valence-corrected chi connectivity index (χ2v) is 11.9. The Kier molecular flexibility index (Phi) is 6.97. The predicted molar refractivity (Wildman–Crippen MR) is 147 cm³/mol. The zero-order chi connectivity index (χ0) is 27.1. The molecule has 3 aromatic rings. The van der Waals surface area contributed by atoms with E-state index in [0.29, 0.717) is 23.8 Å². The van der Waals surface area contributed by atoms with Crippen molar-refractivity contribution in [3.8, 4) is 22.6 Å². The fourth-order valence-electron chi connectivity index (χ4n) is 6.63. The molecule has 0 unspecified atom stereocenters. The van der Waals surface area contributed by atoms with Crippen molar-refractivity contribution < 1.29 is 23.8 Å². The van der Waals surface area contributed by atoms with Crippen LogP contribution >= 0.6 is 0 Å². The molecule has 0 heterocycles. The smallest absolute Gasteiger partial charge is 0.304 e. The van der Waals surface area contributed by atoms with Gasteiger partial charge in [-0.25, -0.2) is 4.39 Å². The summed E-state index contributed by atoms with van der Waals surface area (Å²) in [5.74, 6) is 0.667. The highest BCUT2D eigenvalue weighted by molar-refractivity contribution is 5.71. The second kappa shape index (κ2) is 10.1. The first kappa shape index (κ1) is 26.3. The Balaban J connectivity index is 1.46. The molecule has 38 heavy (non-hydrogen) atoms. The van der Waals surface area contributed by atoms with Crippen molar-refractivity contribution in [2.24, 2.45) is 5.41 Å². The second-order valence-electron chi connectivity index (χ2n) is 11.9. The minimum atomic E-state index is -0.776. The summed E-state index contributed by atoms with van der Waals surface area (Å²) in [5, 5.41) is 9.43. The summed E-state index contributed by atoms with van der Waals surface area (Å²) < 4.78 is 26.7. The van der Waals surface area contributed by atoms with Gasteiger partial charge in [-0.2, -0.15) is 0 Å². The third-order valence-corrected chi connectivity index (χ3v) is 8.84. The molecule has 2 aliphatic rings. The molecule has 1 saturated carbocycles. The molecule has 1 fully saturated rings. The van der Waals surface area contributed by atoms with Crippen molar-refractivity contribution in [2.75, 3.05) is 7.11 Å². The van der Waals surface area contributed by atoms with Gasteiger partial charge >= 0.3 is 5.97 Å². The van der Waals surface area contributed by atoms with Gasteiger partial charge in [0.05, 0.1) is 13.5 Å². The normalized spacial score (nSPS) is 21.8. The Hall–Kier alpha value is -3.34. The predicted octanol–water partition coefficient (Wildman–Crippen LogP) is 8.05. The fraction of sp³-hybridized carbons (Fsp3) is 0.424. The molecule has 0 aromatic heterocycles. The molecule has 200 valence electrons. The van der Waals surface area contributed by atoms with Crippen LogP contribution in [-0.2, 0) is 23.2 Å². The maximum atomic E-state index is 15.1. The zero-order valence-corrected chi connectivity index (χ0v) is 22.8. The number of aryl methyl sites for hydroxylation is 1. The van der Waals surface area contributed by atoms with Gasteiger partial charge in [0.1, 0.15) is 23.9 Å². The summed E-state index contributed by atoms with van der Waals surface area (Å²) in [6.07, 6.45) is 5.21. The highest BCUT2D eigenvalue weighted by Crippen LogP contribution is 2.51. The molecule has 0 spiro atoms. The number of carboxylic acids is 1. The maximum Gasteiger partial charge on any atom is 0.304 e. The number of carbonyl (C=O) groups is 1. The van der Waals surface area contributed by atoms with E-state index in [1.807, 2.05) is 31.2 Å². The van der Waals surface area contributed by atoms with Gasteiger partial charge in [0, 0.05) is 11.0 Å². The number of carboxylic acid groups (broad SMARTS) is 1. The summed E-state index contributed by atoms with van der Waals surface area (Å²) in [7, 11) is 1.60. The van der Waals surface area contributed by atoms with Gasteiger partial charge in [0.2, 0.25) is 0 Å². The van der Waals surface area contributed by atoms with Gasteiger partial charge < -0.3 is 14.6 Å². The van der Waals surface area contributed by atoms with Gasteiger partial charge in [-0.15, -0.1) is 0 Å². The lowest BCUT2D eigenvalue weighted by molar-refractivity contribution is -0.138. The lowest BCUT2D eigenvalue weighted by Gasteiger charge is -2.30. The van der Waals surface area contributed by atoms with E-state index in [-0.39, 0.29) is 23.1 Å². The highest BCUT2D eigenvalue weighted by Gasteiger charge is 2.38. The fourth-order valence-corrected chi connectivity index (χ4v) is 6.63. The molecule has 3 aromatic carbocycles. The number of methoxy groups -OCH3 is 1. The molecule has 1 N–H and O–H groups in total. The first-order valence-corrected chi connectivity index (χ1v) is 13.5. The number of rotatable bonds is 8. The minimum absolute atomic E-state index is 0.117. The summed E-state index contributed by atoms with van der Waals surface area (Å²) in [4.78, 5) is 11.5. The van der Waals surface area contributed by atoms with Crippen LogP contribution in [-0.4, -0.2) is 18.2 Å². The van der Waals surface area contributed by atoms with E-state index < -0.39 is 5.97 Å². The van der Waals surface area contributed by atoms with E-state index >= 15 is 4.39 Å². The minimum Gasteiger partial charge on any atom is -0.497 e. The van der Waals surface area contributed by atoms with Crippen LogP contribution in [0.2, 0.25) is 0 Å². The maximum absolute atomic E-state index is 15.1. The van der Waals surface area contributed by atoms with Crippen molar-refractivity contribution in [1.29, 1.82) is 0 Å². The molecule has 2 aliphatic carbocycles. The van der Waals surface area contributed by atoms with E-state index in [2.05, 4.69) is 26.0 Å². The lowest BCUT2D eigenvalue weighted by atomic mass is 9.75. The van der Waals surface area contributed by atoms with Crippen LogP contribution in [0.1, 0.15) is 81.0 Å². The van der Waals surface area contributed by atoms with Gasteiger partial charge in [-0.05, 0) is 95.2 Å². The number of benzene rings is 3. The van der Waals surface area contributed by atoms with Crippen LogP contribution in [0.4, 0.5) is 4.39 Å². The third kappa shape index (κ3) is 5.03. The average molecular weight is 517 g/mol. The van der Waals surface area contributed by atoms with Crippen molar-refractivity contribution in [1.82, 2.24) is 0 Å². The molecule has 0 aliphatic heterocycles. The van der Waals surface area contributed by atoms with Crippen LogP contribution < -0.4 is 9.47 Å². The van der Waals surface area contributed by atoms with E-state index in [9.17, 15) is 9.90 Å². The standard InChI is InChI=1S/C33H37FO4/c1-32(2)14-5-6-28(32)26-16-21(7-11-25(26)27-17-23(37-4)10-12-30(27)34)20-38-24-9-8-22-13-15-33(3,19-31(35)36)29(22)18-24/h7-12,16-18,28H,5-6,13-15,19-20H2,1-4H3,(H,35,36)/t28-,33+/m0/s1. The van der Waals surface area contributed by atoms with Crippen LogP contribution in [0, 0.1) is 11.2 Å². The third-order valence-electron chi connectivity index (χ3n) is 8.84. The van der Waals surface area contributed by atoms with Gasteiger partial charge in [-0.3, -0.25) is 4.79 Å². The molecule has 0 bridgehead atoms. The average Bonchev–Trinajstić information content (AvgIpc) is 3.40. The van der Waals surface area contributed by atoms with Gasteiger partial charge in [0.15, 0.2) is 0 Å². The summed E-state index contributed by atoms with van der Waals surface area (Å²) >= 11 is 0. The zero-order valence-electron chi connectivity index (χ0n) is 22.8. The number of aliphatic carboxylic acids is 1. The molecular weight excluding hydrogens is 479 g/mol. The first-order chi connectivity index (χ1) is 18.1. The van der Waals surface area contributed by atoms with E-state index in [4.69, 9.17) is 9.47 Å².